The van der Waals surface area contributed by atoms with Crippen LogP contribution in [0, 0.1) is 17.3 Å². The first-order valence-corrected chi connectivity index (χ1v) is 6.95. The minimum atomic E-state index is 0.326. The second-order valence-corrected chi connectivity index (χ2v) is 6.50. The molecule has 92 valence electrons. The monoisotopic (exact) mass is 224 g/mol. The molecule has 0 aromatic carbocycles. The van der Waals surface area contributed by atoms with Gasteiger partial charge in [0.15, 0.2) is 0 Å². The third kappa shape index (κ3) is 2.14. The third-order valence-electron chi connectivity index (χ3n) is 4.81. The van der Waals surface area contributed by atoms with Crippen LogP contribution < -0.4 is 0 Å². The van der Waals surface area contributed by atoms with E-state index >= 15 is 0 Å². The SMILES string of the molecule is CC1(COC2CCC3CCCC3C2)COC1. The summed E-state index contributed by atoms with van der Waals surface area (Å²) in [6, 6.07) is 0. The molecule has 16 heavy (non-hydrogen) atoms. The summed E-state index contributed by atoms with van der Waals surface area (Å²) in [6.07, 6.45) is 9.03. The van der Waals surface area contributed by atoms with Crippen molar-refractivity contribution in [1.29, 1.82) is 0 Å². The van der Waals surface area contributed by atoms with Gasteiger partial charge in [-0.2, -0.15) is 0 Å². The van der Waals surface area contributed by atoms with Gasteiger partial charge in [0.05, 0.1) is 25.9 Å². The van der Waals surface area contributed by atoms with Gasteiger partial charge in [-0.15, -0.1) is 0 Å². The Labute approximate surface area is 98.7 Å². The first kappa shape index (κ1) is 11.0. The highest BCUT2D eigenvalue weighted by molar-refractivity contribution is 4.86. The molecule has 0 amide bonds. The lowest BCUT2D eigenvalue weighted by Gasteiger charge is -2.40. The fourth-order valence-electron chi connectivity index (χ4n) is 3.66. The number of rotatable bonds is 3. The molecule has 1 heterocycles. The molecule has 0 N–H and O–H groups in total. The highest BCUT2D eigenvalue weighted by Gasteiger charge is 2.37. The van der Waals surface area contributed by atoms with Crippen molar-refractivity contribution in [3.8, 4) is 0 Å². The molecule has 2 saturated carbocycles. The zero-order valence-electron chi connectivity index (χ0n) is 10.4. The topological polar surface area (TPSA) is 18.5 Å². The molecule has 1 saturated heterocycles. The zero-order valence-corrected chi connectivity index (χ0v) is 10.4. The quantitative estimate of drug-likeness (QED) is 0.733. The Kier molecular flexibility index (Phi) is 2.97. The minimum Gasteiger partial charge on any atom is -0.380 e. The fraction of sp³-hybridized carbons (Fsp3) is 1.00. The molecule has 0 aromatic rings. The van der Waals surface area contributed by atoms with Crippen molar-refractivity contribution in [2.75, 3.05) is 19.8 Å². The summed E-state index contributed by atoms with van der Waals surface area (Å²) in [5.41, 5.74) is 0.326. The van der Waals surface area contributed by atoms with Gasteiger partial charge in [0.1, 0.15) is 0 Å². The highest BCUT2D eigenvalue weighted by Crippen LogP contribution is 2.43. The lowest BCUT2D eigenvalue weighted by Crippen LogP contribution is -2.44. The number of hydrogen-bond donors (Lipinski definition) is 0. The van der Waals surface area contributed by atoms with Gasteiger partial charge in [-0.3, -0.25) is 0 Å². The molecule has 3 aliphatic rings. The van der Waals surface area contributed by atoms with Gasteiger partial charge < -0.3 is 9.47 Å². The molecule has 3 atom stereocenters. The van der Waals surface area contributed by atoms with E-state index < -0.39 is 0 Å². The maximum absolute atomic E-state index is 6.12. The molecule has 0 spiro atoms. The summed E-state index contributed by atoms with van der Waals surface area (Å²) >= 11 is 0. The zero-order chi connectivity index (χ0) is 11.0. The van der Waals surface area contributed by atoms with Gasteiger partial charge in [0.25, 0.3) is 0 Å². The van der Waals surface area contributed by atoms with Crippen LogP contribution in [-0.4, -0.2) is 25.9 Å². The third-order valence-corrected chi connectivity index (χ3v) is 4.81. The Bertz CT molecular complexity index is 247. The molecule has 2 heteroatoms. The lowest BCUT2D eigenvalue weighted by molar-refractivity contribution is -0.154. The summed E-state index contributed by atoms with van der Waals surface area (Å²) in [7, 11) is 0. The van der Waals surface area contributed by atoms with Gasteiger partial charge >= 0.3 is 0 Å². The normalized spacial score (nSPS) is 41.4. The van der Waals surface area contributed by atoms with Crippen molar-refractivity contribution in [1.82, 2.24) is 0 Å². The predicted molar refractivity (Wildman–Crippen MR) is 63.3 cm³/mol. The van der Waals surface area contributed by atoms with Crippen molar-refractivity contribution >= 4 is 0 Å². The van der Waals surface area contributed by atoms with Gasteiger partial charge in [0, 0.05) is 5.41 Å². The molecule has 3 fully saturated rings. The van der Waals surface area contributed by atoms with E-state index in [4.69, 9.17) is 9.47 Å². The summed E-state index contributed by atoms with van der Waals surface area (Å²) in [5, 5.41) is 0. The van der Waals surface area contributed by atoms with Crippen LogP contribution in [0.2, 0.25) is 0 Å². The molecule has 1 aliphatic heterocycles. The second kappa shape index (κ2) is 4.30. The average molecular weight is 224 g/mol. The molecule has 0 aromatic heterocycles. The molecular weight excluding hydrogens is 200 g/mol. The van der Waals surface area contributed by atoms with Crippen molar-refractivity contribution < 1.29 is 9.47 Å². The molecule has 0 bridgehead atoms. The minimum absolute atomic E-state index is 0.326. The molecule has 3 rings (SSSR count). The Balaban J connectivity index is 1.45. The Hall–Kier alpha value is -0.0800. The van der Waals surface area contributed by atoms with Gasteiger partial charge in [-0.25, -0.2) is 0 Å². The molecule has 3 unspecified atom stereocenters. The van der Waals surface area contributed by atoms with Gasteiger partial charge in [0.2, 0.25) is 0 Å². The van der Waals surface area contributed by atoms with Crippen LogP contribution in [0.4, 0.5) is 0 Å². The average Bonchev–Trinajstić information content (AvgIpc) is 2.70. The van der Waals surface area contributed by atoms with Crippen LogP contribution in [0.15, 0.2) is 0 Å². The van der Waals surface area contributed by atoms with E-state index in [2.05, 4.69) is 6.92 Å². The molecule has 2 nitrogen and oxygen atoms in total. The maximum atomic E-state index is 6.12. The van der Waals surface area contributed by atoms with Crippen LogP contribution in [-0.2, 0) is 9.47 Å². The largest absolute Gasteiger partial charge is 0.380 e. The van der Waals surface area contributed by atoms with E-state index in [-0.39, 0.29) is 0 Å². The van der Waals surface area contributed by atoms with Crippen LogP contribution in [0.3, 0.4) is 0 Å². The van der Waals surface area contributed by atoms with Crippen LogP contribution >= 0.6 is 0 Å². The van der Waals surface area contributed by atoms with Crippen LogP contribution in [0.25, 0.3) is 0 Å². The fourth-order valence-corrected chi connectivity index (χ4v) is 3.66. The number of ether oxygens (including phenoxy) is 2. The maximum Gasteiger partial charge on any atom is 0.0578 e. The van der Waals surface area contributed by atoms with E-state index in [1.54, 1.807) is 0 Å². The standard InChI is InChI=1S/C14H24O2/c1-14(8-15-9-14)10-16-13-6-5-11-3-2-4-12(11)7-13/h11-13H,2-10H2,1H3. The Morgan fingerprint density at radius 3 is 2.69 bits per heavy atom. The lowest BCUT2D eigenvalue weighted by atomic mass is 9.80. The summed E-state index contributed by atoms with van der Waals surface area (Å²) in [4.78, 5) is 0. The number of hydrogen-bond acceptors (Lipinski definition) is 2. The summed E-state index contributed by atoms with van der Waals surface area (Å²) in [5.74, 6) is 2.03. The van der Waals surface area contributed by atoms with Crippen LogP contribution in [0.5, 0.6) is 0 Å². The summed E-state index contributed by atoms with van der Waals surface area (Å²) < 4.78 is 11.4. The van der Waals surface area contributed by atoms with E-state index in [0.29, 0.717) is 11.5 Å². The van der Waals surface area contributed by atoms with E-state index in [0.717, 1.165) is 31.7 Å². The highest BCUT2D eigenvalue weighted by atomic mass is 16.5. The van der Waals surface area contributed by atoms with Crippen molar-refractivity contribution in [2.24, 2.45) is 17.3 Å². The van der Waals surface area contributed by atoms with Crippen molar-refractivity contribution in [3.63, 3.8) is 0 Å². The Morgan fingerprint density at radius 1 is 1.12 bits per heavy atom. The Morgan fingerprint density at radius 2 is 1.94 bits per heavy atom. The first-order valence-electron chi connectivity index (χ1n) is 6.95. The number of fused-ring (bicyclic) bond motifs is 1. The predicted octanol–water partition coefficient (Wildman–Crippen LogP) is 3.01. The first-order chi connectivity index (χ1) is 7.75. The molecular formula is C14H24O2. The van der Waals surface area contributed by atoms with E-state index in [1.165, 1.54) is 38.5 Å². The van der Waals surface area contributed by atoms with E-state index in [1.807, 2.05) is 0 Å². The van der Waals surface area contributed by atoms with Gasteiger partial charge in [-0.05, 0) is 31.1 Å². The van der Waals surface area contributed by atoms with Gasteiger partial charge in [-0.1, -0.05) is 26.2 Å². The van der Waals surface area contributed by atoms with Crippen molar-refractivity contribution in [3.05, 3.63) is 0 Å². The summed E-state index contributed by atoms with van der Waals surface area (Å²) in [6.45, 7) is 4.98. The smallest absolute Gasteiger partial charge is 0.0578 e. The van der Waals surface area contributed by atoms with Crippen molar-refractivity contribution in [2.45, 2.75) is 51.6 Å². The molecule has 2 aliphatic carbocycles. The molecule has 0 radical (unpaired) electrons. The second-order valence-electron chi connectivity index (χ2n) is 6.50. The van der Waals surface area contributed by atoms with E-state index in [9.17, 15) is 0 Å². The van der Waals surface area contributed by atoms with Crippen LogP contribution in [0.1, 0.15) is 45.4 Å².